The van der Waals surface area contributed by atoms with E-state index in [2.05, 4.69) is 5.32 Å². The summed E-state index contributed by atoms with van der Waals surface area (Å²) in [6.45, 7) is 0.539. The Labute approximate surface area is 107 Å². The molecule has 1 aliphatic carbocycles. The third kappa shape index (κ3) is 3.70. The van der Waals surface area contributed by atoms with Crippen molar-refractivity contribution in [1.29, 1.82) is 0 Å². The first-order valence-corrected chi connectivity index (χ1v) is 6.17. The zero-order chi connectivity index (χ0) is 13.1. The lowest BCUT2D eigenvalue weighted by Crippen LogP contribution is -2.38. The van der Waals surface area contributed by atoms with Gasteiger partial charge in [0, 0.05) is 31.0 Å². The molecule has 5 heteroatoms. The van der Waals surface area contributed by atoms with E-state index in [9.17, 15) is 9.59 Å². The van der Waals surface area contributed by atoms with E-state index in [0.29, 0.717) is 11.6 Å². The molecule has 1 N–H and O–H groups in total. The molecule has 0 unspecified atom stereocenters. The van der Waals surface area contributed by atoms with Crippen molar-refractivity contribution in [3.8, 4) is 0 Å². The lowest BCUT2D eigenvalue weighted by Gasteiger charge is -2.14. The van der Waals surface area contributed by atoms with E-state index < -0.39 is 0 Å². The standard InChI is InChI=1S/C13H19N3O2/c1-15-6-5-10(7-15)12(17)8-16(2)9-13(18)14-11-3-4-11/h5-7,11H,3-4,8-9H2,1-2H3,(H,14,18). The molecule has 1 aliphatic rings. The number of nitrogens with zero attached hydrogens (tertiary/aromatic N) is 2. The lowest BCUT2D eigenvalue weighted by molar-refractivity contribution is -0.121. The normalized spacial score (nSPS) is 14.8. The Bertz CT molecular complexity index is 449. The van der Waals surface area contributed by atoms with E-state index in [1.54, 1.807) is 24.2 Å². The summed E-state index contributed by atoms with van der Waals surface area (Å²) in [5.74, 6) is 0.0400. The molecular formula is C13H19N3O2. The maximum absolute atomic E-state index is 11.9. The van der Waals surface area contributed by atoms with Crippen LogP contribution in [0, 0.1) is 0 Å². The largest absolute Gasteiger partial charge is 0.357 e. The van der Waals surface area contributed by atoms with Crippen LogP contribution in [0.1, 0.15) is 23.2 Å². The van der Waals surface area contributed by atoms with Gasteiger partial charge in [-0.25, -0.2) is 0 Å². The molecule has 0 aromatic carbocycles. The van der Waals surface area contributed by atoms with Crippen LogP contribution in [0.4, 0.5) is 0 Å². The molecule has 0 aliphatic heterocycles. The Morgan fingerprint density at radius 3 is 2.72 bits per heavy atom. The van der Waals surface area contributed by atoms with Crippen LogP contribution in [-0.4, -0.2) is 47.3 Å². The zero-order valence-corrected chi connectivity index (χ0v) is 10.8. The molecule has 1 amide bonds. The quantitative estimate of drug-likeness (QED) is 0.743. The van der Waals surface area contributed by atoms with Gasteiger partial charge in [0.2, 0.25) is 5.91 Å². The van der Waals surface area contributed by atoms with Crippen molar-refractivity contribution in [3.05, 3.63) is 24.0 Å². The minimum Gasteiger partial charge on any atom is -0.357 e. The number of carbonyl (C=O) groups is 2. The second kappa shape index (κ2) is 5.35. The highest BCUT2D eigenvalue weighted by Gasteiger charge is 2.23. The summed E-state index contributed by atoms with van der Waals surface area (Å²) in [7, 11) is 3.66. The van der Waals surface area contributed by atoms with Crippen LogP contribution >= 0.6 is 0 Å². The minimum absolute atomic E-state index is 0.000798. The molecule has 0 atom stereocenters. The number of nitrogens with one attached hydrogen (secondary N) is 1. The number of hydrogen-bond donors (Lipinski definition) is 1. The molecule has 0 spiro atoms. The van der Waals surface area contributed by atoms with Gasteiger partial charge in [-0.15, -0.1) is 0 Å². The van der Waals surface area contributed by atoms with Crippen molar-refractivity contribution in [2.45, 2.75) is 18.9 Å². The number of rotatable bonds is 6. The summed E-state index contributed by atoms with van der Waals surface area (Å²) in [5.41, 5.74) is 0.687. The van der Waals surface area contributed by atoms with Crippen molar-refractivity contribution in [1.82, 2.24) is 14.8 Å². The van der Waals surface area contributed by atoms with Crippen LogP contribution < -0.4 is 5.32 Å². The van der Waals surface area contributed by atoms with Crippen molar-refractivity contribution in [3.63, 3.8) is 0 Å². The van der Waals surface area contributed by atoms with E-state index in [0.717, 1.165) is 12.8 Å². The first-order chi connectivity index (χ1) is 8.54. The Morgan fingerprint density at radius 1 is 1.44 bits per heavy atom. The zero-order valence-electron chi connectivity index (χ0n) is 10.8. The molecule has 1 fully saturated rings. The Hall–Kier alpha value is -1.62. The molecule has 1 aromatic rings. The van der Waals surface area contributed by atoms with Gasteiger partial charge in [0.05, 0.1) is 13.1 Å². The first kappa shape index (κ1) is 12.8. The van der Waals surface area contributed by atoms with E-state index >= 15 is 0 Å². The summed E-state index contributed by atoms with van der Waals surface area (Å²) in [6.07, 6.45) is 5.80. The summed E-state index contributed by atoms with van der Waals surface area (Å²) in [5, 5.41) is 2.91. The monoisotopic (exact) mass is 249 g/mol. The van der Waals surface area contributed by atoms with Crippen LogP contribution in [0.5, 0.6) is 0 Å². The molecule has 18 heavy (non-hydrogen) atoms. The number of ketones is 1. The first-order valence-electron chi connectivity index (χ1n) is 6.17. The number of carbonyl (C=O) groups excluding carboxylic acids is 2. The predicted octanol–water partition coefficient (Wildman–Crippen LogP) is 0.418. The van der Waals surface area contributed by atoms with Crippen molar-refractivity contribution < 1.29 is 9.59 Å². The summed E-state index contributed by atoms with van der Waals surface area (Å²) in [6, 6.07) is 2.16. The lowest BCUT2D eigenvalue weighted by atomic mass is 10.2. The summed E-state index contributed by atoms with van der Waals surface area (Å²) >= 11 is 0. The highest BCUT2D eigenvalue weighted by Crippen LogP contribution is 2.18. The molecule has 1 aromatic heterocycles. The second-order valence-electron chi connectivity index (χ2n) is 5.00. The van der Waals surface area contributed by atoms with Gasteiger partial charge in [-0.2, -0.15) is 0 Å². The van der Waals surface area contributed by atoms with Crippen molar-refractivity contribution in [2.24, 2.45) is 7.05 Å². The molecular weight excluding hydrogens is 230 g/mol. The maximum atomic E-state index is 11.9. The van der Waals surface area contributed by atoms with E-state index in [1.807, 2.05) is 17.8 Å². The van der Waals surface area contributed by atoms with Gasteiger partial charge in [-0.3, -0.25) is 14.5 Å². The fourth-order valence-electron chi connectivity index (χ4n) is 1.81. The molecule has 0 radical (unpaired) electrons. The smallest absolute Gasteiger partial charge is 0.234 e. The van der Waals surface area contributed by atoms with Gasteiger partial charge >= 0.3 is 0 Å². The molecule has 2 rings (SSSR count). The number of aryl methyl sites for hydroxylation is 1. The van der Waals surface area contributed by atoms with E-state index in [4.69, 9.17) is 0 Å². The number of hydrogen-bond acceptors (Lipinski definition) is 3. The fourth-order valence-corrected chi connectivity index (χ4v) is 1.81. The SMILES string of the molecule is CN(CC(=O)NC1CC1)CC(=O)c1ccn(C)c1. The van der Waals surface area contributed by atoms with Gasteiger partial charge in [0.25, 0.3) is 0 Å². The van der Waals surface area contributed by atoms with Crippen molar-refractivity contribution >= 4 is 11.7 Å². The Morgan fingerprint density at radius 2 is 2.17 bits per heavy atom. The molecule has 1 heterocycles. The second-order valence-corrected chi connectivity index (χ2v) is 5.00. The third-order valence-electron chi connectivity index (χ3n) is 2.92. The summed E-state index contributed by atoms with van der Waals surface area (Å²) in [4.78, 5) is 25.2. The van der Waals surface area contributed by atoms with Gasteiger partial charge in [-0.05, 0) is 26.0 Å². The van der Waals surface area contributed by atoms with Gasteiger partial charge in [0.1, 0.15) is 0 Å². The highest BCUT2D eigenvalue weighted by atomic mass is 16.2. The molecule has 0 bridgehead atoms. The average molecular weight is 249 g/mol. The highest BCUT2D eigenvalue weighted by molar-refractivity contribution is 5.97. The van der Waals surface area contributed by atoms with Crippen LogP contribution in [-0.2, 0) is 11.8 Å². The Balaban J connectivity index is 1.77. The fraction of sp³-hybridized carbons (Fsp3) is 0.538. The molecule has 1 saturated carbocycles. The molecule has 0 saturated heterocycles. The maximum Gasteiger partial charge on any atom is 0.234 e. The van der Waals surface area contributed by atoms with Crippen LogP contribution in [0.25, 0.3) is 0 Å². The van der Waals surface area contributed by atoms with Gasteiger partial charge in [0.15, 0.2) is 5.78 Å². The molecule has 5 nitrogen and oxygen atoms in total. The van der Waals surface area contributed by atoms with Gasteiger partial charge < -0.3 is 9.88 Å². The van der Waals surface area contributed by atoms with E-state index in [1.165, 1.54) is 0 Å². The van der Waals surface area contributed by atoms with E-state index in [-0.39, 0.29) is 24.8 Å². The van der Waals surface area contributed by atoms with Gasteiger partial charge in [-0.1, -0.05) is 0 Å². The molecule has 98 valence electrons. The number of amides is 1. The third-order valence-corrected chi connectivity index (χ3v) is 2.92. The van der Waals surface area contributed by atoms with Crippen LogP contribution in [0.3, 0.4) is 0 Å². The summed E-state index contributed by atoms with van der Waals surface area (Å²) < 4.78 is 1.84. The Kier molecular flexibility index (Phi) is 3.81. The number of aromatic nitrogens is 1. The topological polar surface area (TPSA) is 54.3 Å². The minimum atomic E-state index is 0.000798. The number of likely N-dealkylation sites (N-methyl/N-ethyl adjacent to an activating group) is 1. The van der Waals surface area contributed by atoms with Crippen molar-refractivity contribution in [2.75, 3.05) is 20.1 Å². The average Bonchev–Trinajstić information content (AvgIpc) is 2.96. The number of Topliss-reactive ketones (excluding diaryl/α,β-unsaturated/α-hetero) is 1. The predicted molar refractivity (Wildman–Crippen MR) is 68.4 cm³/mol. The van der Waals surface area contributed by atoms with Crippen LogP contribution in [0.15, 0.2) is 18.5 Å². The van der Waals surface area contributed by atoms with Crippen LogP contribution in [0.2, 0.25) is 0 Å².